The van der Waals surface area contributed by atoms with Crippen molar-refractivity contribution in [2.24, 2.45) is 5.92 Å². The van der Waals surface area contributed by atoms with Crippen LogP contribution in [0.1, 0.15) is 24.0 Å². The molecule has 1 aliphatic rings. The van der Waals surface area contributed by atoms with Gasteiger partial charge in [-0.2, -0.15) is 10.2 Å². The molecule has 0 aliphatic carbocycles. The zero-order chi connectivity index (χ0) is 27.4. The molecule has 1 aliphatic heterocycles. The Balaban J connectivity index is 1.57. The number of hydrogen-bond acceptors (Lipinski definition) is 7. The van der Waals surface area contributed by atoms with E-state index in [2.05, 4.69) is 33.1 Å². The lowest BCUT2D eigenvalue weighted by Crippen LogP contribution is -2.35. The third-order valence-electron chi connectivity index (χ3n) is 6.92. The maximum atomic E-state index is 15.2. The number of carbonyl (C=O) groups excluding carboxylic acids is 1. The van der Waals surface area contributed by atoms with E-state index < -0.39 is 11.9 Å². The topological polar surface area (TPSA) is 105 Å². The summed E-state index contributed by atoms with van der Waals surface area (Å²) in [5.74, 6) is -0.0940. The van der Waals surface area contributed by atoms with Gasteiger partial charge in [0.15, 0.2) is 5.65 Å². The number of hydrogen-bond donors (Lipinski definition) is 1. The van der Waals surface area contributed by atoms with Crippen molar-refractivity contribution < 1.29 is 18.7 Å². The van der Waals surface area contributed by atoms with Crippen molar-refractivity contribution in [1.82, 2.24) is 24.6 Å². The SMILES string of the molecule is COC(=O)NCc1ccc(-c2c(-c3ccc(C#N)cc3)nc(OC[C@@H]3CCCN(C)C3)n3ccnc23)cc1F. The number of carbonyl (C=O) groups is 1. The first-order valence-corrected chi connectivity index (χ1v) is 12.8. The molecule has 0 saturated carbocycles. The van der Waals surface area contributed by atoms with Gasteiger partial charge in [0.2, 0.25) is 0 Å². The zero-order valence-corrected chi connectivity index (χ0v) is 21.9. The van der Waals surface area contributed by atoms with Crippen molar-refractivity contribution in [3.8, 4) is 34.5 Å². The molecule has 0 spiro atoms. The molecule has 10 heteroatoms. The molecule has 0 bridgehead atoms. The van der Waals surface area contributed by atoms with Crippen molar-refractivity contribution in [3.63, 3.8) is 0 Å². The highest BCUT2D eigenvalue weighted by atomic mass is 19.1. The third-order valence-corrected chi connectivity index (χ3v) is 6.92. The predicted octanol–water partition coefficient (Wildman–Crippen LogP) is 4.65. The summed E-state index contributed by atoms with van der Waals surface area (Å²) in [6, 6.07) is 14.4. The summed E-state index contributed by atoms with van der Waals surface area (Å²) in [5.41, 5.74) is 3.91. The van der Waals surface area contributed by atoms with Gasteiger partial charge in [-0.25, -0.2) is 14.2 Å². The summed E-state index contributed by atoms with van der Waals surface area (Å²) in [7, 11) is 3.37. The number of ether oxygens (including phenoxy) is 2. The number of piperidine rings is 1. The first-order chi connectivity index (χ1) is 19.0. The van der Waals surface area contributed by atoms with E-state index >= 15 is 4.39 Å². The number of imidazole rings is 1. The van der Waals surface area contributed by atoms with E-state index in [0.717, 1.165) is 31.5 Å². The summed E-state index contributed by atoms with van der Waals surface area (Å²) in [6.45, 7) is 2.56. The quantitative estimate of drug-likeness (QED) is 0.372. The molecule has 1 amide bonds. The van der Waals surface area contributed by atoms with Gasteiger partial charge in [-0.05, 0) is 50.2 Å². The molecule has 1 saturated heterocycles. The maximum Gasteiger partial charge on any atom is 0.407 e. The number of likely N-dealkylation sites (tertiary alicyclic amines) is 1. The standard InChI is InChI=1S/C29H29FN6O3/c1-35-12-3-4-20(17-35)18-39-28-34-26(21-7-5-19(15-31)6-8-21)25(27-32-11-13-36(27)28)22-9-10-23(24(30)14-22)16-33-29(37)38-2/h5-11,13-14,20H,3-4,12,16-18H2,1-2H3,(H,33,37)/t20-/m1/s1. The molecule has 5 rings (SSSR count). The number of amides is 1. The Morgan fingerprint density at radius 1 is 1.23 bits per heavy atom. The van der Waals surface area contributed by atoms with Gasteiger partial charge in [0.1, 0.15) is 5.82 Å². The highest BCUT2D eigenvalue weighted by Gasteiger charge is 2.23. The summed E-state index contributed by atoms with van der Waals surface area (Å²) in [6.07, 6.45) is 5.02. The largest absolute Gasteiger partial charge is 0.464 e. The van der Waals surface area contributed by atoms with Crippen molar-refractivity contribution in [1.29, 1.82) is 5.26 Å². The number of aromatic nitrogens is 3. The lowest BCUT2D eigenvalue weighted by Gasteiger charge is -2.29. The second kappa shape index (κ2) is 11.5. The Morgan fingerprint density at radius 3 is 2.74 bits per heavy atom. The van der Waals surface area contributed by atoms with Gasteiger partial charge in [0.25, 0.3) is 0 Å². The molecule has 200 valence electrons. The molecule has 0 unspecified atom stereocenters. The minimum absolute atomic E-state index is 0.0125. The van der Waals surface area contributed by atoms with E-state index in [9.17, 15) is 10.1 Å². The second-order valence-corrected chi connectivity index (χ2v) is 9.66. The molecule has 1 atom stereocenters. The highest BCUT2D eigenvalue weighted by Crippen LogP contribution is 2.37. The second-order valence-electron chi connectivity index (χ2n) is 9.66. The van der Waals surface area contributed by atoms with Crippen LogP contribution in [0.2, 0.25) is 0 Å². The number of nitriles is 1. The highest BCUT2D eigenvalue weighted by molar-refractivity contribution is 5.90. The van der Waals surface area contributed by atoms with Crippen LogP contribution in [0.4, 0.5) is 9.18 Å². The van der Waals surface area contributed by atoms with Crippen molar-refractivity contribution in [2.45, 2.75) is 19.4 Å². The number of rotatable bonds is 7. The fourth-order valence-electron chi connectivity index (χ4n) is 4.92. The van der Waals surface area contributed by atoms with Gasteiger partial charge < -0.3 is 19.7 Å². The minimum Gasteiger partial charge on any atom is -0.464 e. The number of nitrogens with zero attached hydrogens (tertiary/aromatic N) is 5. The Hall–Kier alpha value is -4.49. The van der Waals surface area contributed by atoms with E-state index in [1.165, 1.54) is 13.2 Å². The zero-order valence-electron chi connectivity index (χ0n) is 21.9. The van der Waals surface area contributed by atoms with Crippen LogP contribution in [-0.4, -0.2) is 59.2 Å². The molecule has 1 fully saturated rings. The summed E-state index contributed by atoms with van der Waals surface area (Å²) < 4.78 is 27.8. The average molecular weight is 529 g/mol. The molecule has 39 heavy (non-hydrogen) atoms. The fraction of sp³-hybridized carbons (Fsp3) is 0.310. The molecule has 9 nitrogen and oxygen atoms in total. The Morgan fingerprint density at radius 2 is 2.03 bits per heavy atom. The molecule has 4 aromatic rings. The van der Waals surface area contributed by atoms with Gasteiger partial charge in [0.05, 0.1) is 36.6 Å². The lowest BCUT2D eigenvalue weighted by atomic mass is 9.98. The monoisotopic (exact) mass is 528 g/mol. The Labute approximate surface area is 225 Å². The first kappa shape index (κ1) is 26.1. The van der Waals surface area contributed by atoms with E-state index in [1.54, 1.807) is 41.1 Å². The minimum atomic E-state index is -0.639. The normalized spacial score (nSPS) is 15.6. The van der Waals surface area contributed by atoms with Crippen LogP contribution in [0.25, 0.3) is 28.0 Å². The Bertz CT molecular complexity index is 1530. The molecule has 1 N–H and O–H groups in total. The lowest BCUT2D eigenvalue weighted by molar-refractivity contribution is 0.143. The number of alkyl carbamates (subject to hydrolysis) is 1. The third kappa shape index (κ3) is 5.68. The van der Waals surface area contributed by atoms with Crippen molar-refractivity contribution in [2.75, 3.05) is 33.9 Å². The summed E-state index contributed by atoms with van der Waals surface area (Å²) >= 11 is 0. The number of methoxy groups -OCH3 is 1. The van der Waals surface area contributed by atoms with Crippen LogP contribution >= 0.6 is 0 Å². The molecular formula is C29H29FN6O3. The van der Waals surface area contributed by atoms with Crippen LogP contribution in [-0.2, 0) is 11.3 Å². The fourth-order valence-corrected chi connectivity index (χ4v) is 4.92. The van der Waals surface area contributed by atoms with Crippen LogP contribution < -0.4 is 10.1 Å². The van der Waals surface area contributed by atoms with E-state index in [4.69, 9.17) is 9.72 Å². The molecule has 2 aromatic heterocycles. The van der Waals surface area contributed by atoms with Gasteiger partial charge >= 0.3 is 12.1 Å². The van der Waals surface area contributed by atoms with Crippen LogP contribution in [0.5, 0.6) is 6.01 Å². The molecule has 2 aromatic carbocycles. The summed E-state index contributed by atoms with van der Waals surface area (Å²) in [4.78, 5) is 23.3. The van der Waals surface area contributed by atoms with E-state index in [-0.39, 0.29) is 6.54 Å². The van der Waals surface area contributed by atoms with Gasteiger partial charge in [-0.15, -0.1) is 0 Å². The van der Waals surface area contributed by atoms with E-state index in [0.29, 0.717) is 52.1 Å². The van der Waals surface area contributed by atoms with Gasteiger partial charge in [0, 0.05) is 42.5 Å². The van der Waals surface area contributed by atoms with Crippen molar-refractivity contribution in [3.05, 3.63) is 71.8 Å². The Kier molecular flexibility index (Phi) is 7.70. The number of fused-ring (bicyclic) bond motifs is 1. The number of benzene rings is 2. The van der Waals surface area contributed by atoms with Crippen molar-refractivity contribution >= 4 is 11.7 Å². The van der Waals surface area contributed by atoms with E-state index in [1.807, 2.05) is 12.1 Å². The predicted molar refractivity (Wildman–Crippen MR) is 143 cm³/mol. The average Bonchev–Trinajstić information content (AvgIpc) is 3.45. The number of halogens is 1. The van der Waals surface area contributed by atoms with Crippen LogP contribution in [0.3, 0.4) is 0 Å². The number of nitrogens with one attached hydrogen (secondary N) is 1. The smallest absolute Gasteiger partial charge is 0.407 e. The maximum absolute atomic E-state index is 15.2. The molecule has 3 heterocycles. The van der Waals surface area contributed by atoms with Crippen LogP contribution in [0.15, 0.2) is 54.9 Å². The van der Waals surface area contributed by atoms with Crippen LogP contribution in [0, 0.1) is 23.1 Å². The van der Waals surface area contributed by atoms with Gasteiger partial charge in [-0.1, -0.05) is 24.3 Å². The first-order valence-electron chi connectivity index (χ1n) is 12.8. The van der Waals surface area contributed by atoms with Gasteiger partial charge in [-0.3, -0.25) is 4.40 Å². The molecular weight excluding hydrogens is 499 g/mol. The summed E-state index contributed by atoms with van der Waals surface area (Å²) in [5, 5.41) is 11.8. The molecule has 0 radical (unpaired) electrons.